The third-order valence-corrected chi connectivity index (χ3v) is 4.51. The number of aromatic amines is 1. The van der Waals surface area contributed by atoms with Crippen LogP contribution in [-0.2, 0) is 4.79 Å². The molecule has 3 rings (SSSR count). The van der Waals surface area contributed by atoms with Crippen LogP contribution in [0.15, 0.2) is 73.3 Å². The molecule has 2 aromatic carbocycles. The summed E-state index contributed by atoms with van der Waals surface area (Å²) in [6, 6.07) is 14.4. The first-order valence-electron chi connectivity index (χ1n) is 8.40. The van der Waals surface area contributed by atoms with Gasteiger partial charge in [0.05, 0.1) is 26.3 Å². The molecule has 1 aromatic heterocycles. The maximum Gasteiger partial charge on any atom is 0.255 e. The van der Waals surface area contributed by atoms with E-state index in [1.807, 2.05) is 18.2 Å². The number of H-pyrrole nitrogens is 1. The molecule has 0 aliphatic rings. The number of carbonyl (C=O) groups excluding carboxylic acids is 1. The molecule has 0 atom stereocenters. The van der Waals surface area contributed by atoms with Gasteiger partial charge in [-0.1, -0.05) is 66.7 Å². The lowest BCUT2D eigenvalue weighted by molar-refractivity contribution is -0.112. The Balaban J connectivity index is 2.00. The molecular weight excluding hydrogens is 393 g/mol. The number of amides is 1. The highest BCUT2D eigenvalue weighted by Gasteiger charge is 2.12. The van der Waals surface area contributed by atoms with Crippen molar-refractivity contribution in [2.45, 2.75) is 0 Å². The molecule has 1 heterocycles. The van der Waals surface area contributed by atoms with Crippen LogP contribution in [0, 0.1) is 0 Å². The van der Waals surface area contributed by atoms with Crippen LogP contribution in [-0.4, -0.2) is 15.9 Å². The number of hydrogen-bond donors (Lipinski definition) is 2. The van der Waals surface area contributed by atoms with E-state index in [0.717, 1.165) is 0 Å². The number of allylic oxidation sites excluding steroid dienone is 1. The zero-order valence-corrected chi connectivity index (χ0v) is 16.4. The van der Waals surface area contributed by atoms with Crippen molar-refractivity contribution in [1.29, 1.82) is 0 Å². The number of hydrogen-bond acceptors (Lipinski definition) is 2. The van der Waals surface area contributed by atoms with Gasteiger partial charge >= 0.3 is 0 Å². The summed E-state index contributed by atoms with van der Waals surface area (Å²) in [6.45, 7) is 7.56. The summed E-state index contributed by atoms with van der Waals surface area (Å²) in [7, 11) is 0. The van der Waals surface area contributed by atoms with E-state index in [2.05, 4.69) is 28.4 Å². The molecule has 3 aromatic rings. The fourth-order valence-corrected chi connectivity index (χ4v) is 3.14. The van der Waals surface area contributed by atoms with Gasteiger partial charge in [-0.2, -0.15) is 0 Å². The maximum absolute atomic E-state index is 12.4. The minimum Gasteiger partial charge on any atom is -0.338 e. The molecule has 0 radical (unpaired) electrons. The SMILES string of the molecule is C=C/C=c1/nc(-c2c(Cl)cccc2Cl)[nH]/c1=C/C(=C)C(=O)Nc1ccccc1. The number of halogens is 2. The van der Waals surface area contributed by atoms with E-state index >= 15 is 0 Å². The fourth-order valence-electron chi connectivity index (χ4n) is 2.56. The van der Waals surface area contributed by atoms with Crippen LogP contribution in [0.3, 0.4) is 0 Å². The first kappa shape index (κ1) is 19.7. The molecule has 0 fully saturated rings. The Labute approximate surface area is 172 Å². The monoisotopic (exact) mass is 409 g/mol. The summed E-state index contributed by atoms with van der Waals surface area (Å²) in [5.74, 6) is 0.175. The Morgan fingerprint density at radius 3 is 2.39 bits per heavy atom. The van der Waals surface area contributed by atoms with Gasteiger partial charge in [0, 0.05) is 11.3 Å². The predicted molar refractivity (Wildman–Crippen MR) is 117 cm³/mol. The van der Waals surface area contributed by atoms with Crippen LogP contribution in [0.25, 0.3) is 23.5 Å². The molecule has 6 heteroatoms. The van der Waals surface area contributed by atoms with Crippen molar-refractivity contribution in [2.75, 3.05) is 5.32 Å². The average Bonchev–Trinajstić information content (AvgIpc) is 3.04. The summed E-state index contributed by atoms with van der Waals surface area (Å²) in [5.41, 5.74) is 1.54. The molecule has 0 aliphatic heterocycles. The van der Waals surface area contributed by atoms with E-state index in [4.69, 9.17) is 23.2 Å². The van der Waals surface area contributed by atoms with Gasteiger partial charge in [-0.15, -0.1) is 0 Å². The smallest absolute Gasteiger partial charge is 0.255 e. The lowest BCUT2D eigenvalue weighted by atomic mass is 10.2. The topological polar surface area (TPSA) is 57.8 Å². The Morgan fingerprint density at radius 1 is 1.07 bits per heavy atom. The van der Waals surface area contributed by atoms with Crippen molar-refractivity contribution < 1.29 is 4.79 Å². The minimum atomic E-state index is -0.317. The zero-order valence-electron chi connectivity index (χ0n) is 14.9. The van der Waals surface area contributed by atoms with E-state index < -0.39 is 0 Å². The number of benzene rings is 2. The van der Waals surface area contributed by atoms with Crippen LogP contribution in [0.1, 0.15) is 0 Å². The molecule has 4 nitrogen and oxygen atoms in total. The lowest BCUT2D eigenvalue weighted by Gasteiger charge is -2.04. The number of para-hydroxylation sites is 1. The van der Waals surface area contributed by atoms with Crippen molar-refractivity contribution in [3.05, 3.63) is 94.1 Å². The zero-order chi connectivity index (χ0) is 20.1. The molecule has 140 valence electrons. The first-order valence-corrected chi connectivity index (χ1v) is 9.15. The average molecular weight is 410 g/mol. The van der Waals surface area contributed by atoms with Crippen molar-refractivity contribution >= 4 is 46.9 Å². The van der Waals surface area contributed by atoms with Gasteiger partial charge in [0.25, 0.3) is 5.91 Å². The van der Waals surface area contributed by atoms with E-state index in [-0.39, 0.29) is 11.5 Å². The van der Waals surface area contributed by atoms with Gasteiger partial charge in [-0.25, -0.2) is 4.98 Å². The van der Waals surface area contributed by atoms with Gasteiger partial charge in [0.15, 0.2) is 0 Å². The van der Waals surface area contributed by atoms with Gasteiger partial charge < -0.3 is 10.3 Å². The van der Waals surface area contributed by atoms with Gasteiger partial charge in [-0.05, 0) is 36.4 Å². The highest BCUT2D eigenvalue weighted by Crippen LogP contribution is 2.31. The Bertz CT molecular complexity index is 1140. The van der Waals surface area contributed by atoms with Crippen molar-refractivity contribution in [1.82, 2.24) is 9.97 Å². The largest absolute Gasteiger partial charge is 0.338 e. The number of imidazole rings is 1. The number of anilines is 1. The van der Waals surface area contributed by atoms with Gasteiger partial charge in [0.2, 0.25) is 0 Å². The summed E-state index contributed by atoms with van der Waals surface area (Å²) < 4.78 is 0. The second-order valence-electron chi connectivity index (χ2n) is 5.87. The second kappa shape index (κ2) is 8.74. The third kappa shape index (κ3) is 4.42. The normalized spacial score (nSPS) is 12.1. The van der Waals surface area contributed by atoms with Crippen LogP contribution >= 0.6 is 23.2 Å². The molecule has 2 N–H and O–H groups in total. The highest BCUT2D eigenvalue weighted by atomic mass is 35.5. The van der Waals surface area contributed by atoms with E-state index in [0.29, 0.717) is 37.8 Å². The van der Waals surface area contributed by atoms with E-state index in [1.54, 1.807) is 48.6 Å². The fraction of sp³-hybridized carbons (Fsp3) is 0. The standard InChI is InChI=1S/C22H17Cl2N3O/c1-3-8-18-19(13-14(2)22(28)25-15-9-5-4-6-10-15)27-21(26-18)20-16(23)11-7-12-17(20)24/h3-13H,1-2H2,(H,25,28)(H,26,27)/b18-8+,19-13+. The van der Waals surface area contributed by atoms with Gasteiger partial charge in [0.1, 0.15) is 5.82 Å². The van der Waals surface area contributed by atoms with Crippen LogP contribution in [0.5, 0.6) is 0 Å². The lowest BCUT2D eigenvalue weighted by Crippen LogP contribution is -2.25. The summed E-state index contributed by atoms with van der Waals surface area (Å²) >= 11 is 12.6. The Morgan fingerprint density at radius 2 is 1.75 bits per heavy atom. The summed E-state index contributed by atoms with van der Waals surface area (Å²) in [6.07, 6.45) is 4.95. The first-order chi connectivity index (χ1) is 13.5. The number of carbonyl (C=O) groups is 1. The van der Waals surface area contributed by atoms with Crippen molar-refractivity contribution in [3.63, 3.8) is 0 Å². The Kier molecular flexibility index (Phi) is 6.14. The number of aromatic nitrogens is 2. The number of rotatable bonds is 5. The summed E-state index contributed by atoms with van der Waals surface area (Å²) in [5, 5.41) is 4.92. The predicted octanol–water partition coefficient (Wildman–Crippen LogP) is 4.33. The third-order valence-electron chi connectivity index (χ3n) is 3.88. The molecule has 1 amide bonds. The maximum atomic E-state index is 12.4. The highest BCUT2D eigenvalue weighted by molar-refractivity contribution is 6.38. The molecule has 0 bridgehead atoms. The van der Waals surface area contributed by atoms with Crippen LogP contribution in [0.4, 0.5) is 5.69 Å². The molecule has 0 saturated carbocycles. The van der Waals surface area contributed by atoms with Crippen molar-refractivity contribution in [3.8, 4) is 11.4 Å². The quantitative estimate of drug-likeness (QED) is 0.616. The number of nitrogens with one attached hydrogen (secondary N) is 2. The molecule has 0 unspecified atom stereocenters. The molecule has 28 heavy (non-hydrogen) atoms. The number of nitrogens with zero attached hydrogens (tertiary/aromatic N) is 1. The molecule has 0 saturated heterocycles. The summed E-state index contributed by atoms with van der Waals surface area (Å²) in [4.78, 5) is 20.1. The minimum absolute atomic E-state index is 0.267. The molecular formula is C22H17Cl2N3O. The molecule has 0 aliphatic carbocycles. The van der Waals surface area contributed by atoms with Crippen molar-refractivity contribution in [2.24, 2.45) is 0 Å². The second-order valence-corrected chi connectivity index (χ2v) is 6.69. The van der Waals surface area contributed by atoms with E-state index in [9.17, 15) is 4.79 Å². The van der Waals surface area contributed by atoms with Crippen LogP contribution < -0.4 is 16.0 Å². The molecule has 0 spiro atoms. The van der Waals surface area contributed by atoms with Crippen LogP contribution in [0.2, 0.25) is 10.0 Å². The Hall–Kier alpha value is -3.08. The van der Waals surface area contributed by atoms with Gasteiger partial charge in [-0.3, -0.25) is 4.79 Å². The van der Waals surface area contributed by atoms with E-state index in [1.165, 1.54) is 0 Å².